The minimum absolute atomic E-state index is 0.204. The quantitative estimate of drug-likeness (QED) is 0.624. The lowest BCUT2D eigenvalue weighted by atomic mass is 10.0. The van der Waals surface area contributed by atoms with Crippen LogP contribution in [0.3, 0.4) is 0 Å². The molecule has 0 aliphatic rings. The molecule has 15 heavy (non-hydrogen) atoms. The molecule has 0 aliphatic carbocycles. The Bertz CT molecular complexity index is 390. The van der Waals surface area contributed by atoms with Crippen LogP contribution in [0.25, 0.3) is 0 Å². The lowest BCUT2D eigenvalue weighted by molar-refractivity contribution is -0.136. The third-order valence-corrected chi connectivity index (χ3v) is 2.65. The summed E-state index contributed by atoms with van der Waals surface area (Å²) in [5, 5.41) is 0. The van der Waals surface area contributed by atoms with Gasteiger partial charge in [0.1, 0.15) is 0 Å². The SMILES string of the molecule is C=C(C(=O)OC)[C@H](F)c1ccccc1Br. The topological polar surface area (TPSA) is 26.3 Å². The van der Waals surface area contributed by atoms with Crippen LogP contribution < -0.4 is 0 Å². The van der Waals surface area contributed by atoms with E-state index >= 15 is 0 Å². The van der Waals surface area contributed by atoms with E-state index in [4.69, 9.17) is 0 Å². The standard InChI is InChI=1S/C11H10BrFO2/c1-7(11(14)15-2)10(13)8-5-3-4-6-9(8)12/h3-6,10H,1H2,2H3/t10-/m0/s1. The van der Waals surface area contributed by atoms with Crippen LogP contribution in [0.15, 0.2) is 40.9 Å². The molecule has 0 aromatic heterocycles. The third kappa shape index (κ3) is 2.65. The van der Waals surface area contributed by atoms with Crippen molar-refractivity contribution in [3.8, 4) is 0 Å². The molecular weight excluding hydrogens is 263 g/mol. The minimum Gasteiger partial charge on any atom is -0.466 e. The van der Waals surface area contributed by atoms with Crippen molar-refractivity contribution in [2.45, 2.75) is 6.17 Å². The van der Waals surface area contributed by atoms with E-state index in [1.54, 1.807) is 24.3 Å². The summed E-state index contributed by atoms with van der Waals surface area (Å²) in [4.78, 5) is 11.1. The molecule has 1 aromatic rings. The molecule has 0 unspecified atom stereocenters. The van der Waals surface area contributed by atoms with Crippen molar-refractivity contribution in [1.29, 1.82) is 0 Å². The maximum atomic E-state index is 13.8. The zero-order chi connectivity index (χ0) is 11.4. The van der Waals surface area contributed by atoms with Crippen molar-refractivity contribution in [1.82, 2.24) is 0 Å². The summed E-state index contributed by atoms with van der Waals surface area (Å²) in [5.41, 5.74) is 0.164. The predicted octanol–water partition coefficient (Wildman–Crippen LogP) is 3.19. The molecule has 0 saturated heterocycles. The van der Waals surface area contributed by atoms with Gasteiger partial charge in [0.2, 0.25) is 0 Å². The molecule has 0 bridgehead atoms. The largest absolute Gasteiger partial charge is 0.466 e. The summed E-state index contributed by atoms with van der Waals surface area (Å²) in [5.74, 6) is -0.738. The van der Waals surface area contributed by atoms with Crippen LogP contribution >= 0.6 is 15.9 Å². The van der Waals surface area contributed by atoms with Gasteiger partial charge in [0, 0.05) is 10.0 Å². The van der Waals surface area contributed by atoms with E-state index in [-0.39, 0.29) is 5.57 Å². The summed E-state index contributed by atoms with van der Waals surface area (Å²) < 4.78 is 18.8. The number of halogens is 2. The number of esters is 1. The van der Waals surface area contributed by atoms with Gasteiger partial charge in [0.15, 0.2) is 6.17 Å². The van der Waals surface area contributed by atoms with E-state index in [2.05, 4.69) is 27.2 Å². The summed E-state index contributed by atoms with van der Waals surface area (Å²) in [6.45, 7) is 3.37. The van der Waals surface area contributed by atoms with Crippen LogP contribution in [-0.2, 0) is 9.53 Å². The van der Waals surface area contributed by atoms with Gasteiger partial charge in [0.25, 0.3) is 0 Å². The Morgan fingerprint density at radius 2 is 2.13 bits per heavy atom. The van der Waals surface area contributed by atoms with Crippen LogP contribution in [0.1, 0.15) is 11.7 Å². The first kappa shape index (κ1) is 11.9. The molecular formula is C11H10BrFO2. The van der Waals surface area contributed by atoms with E-state index in [1.165, 1.54) is 7.11 Å². The van der Waals surface area contributed by atoms with E-state index in [0.29, 0.717) is 10.0 Å². The maximum absolute atomic E-state index is 13.8. The van der Waals surface area contributed by atoms with Crippen LogP contribution in [0.2, 0.25) is 0 Å². The number of hydrogen-bond acceptors (Lipinski definition) is 2. The van der Waals surface area contributed by atoms with Gasteiger partial charge >= 0.3 is 5.97 Å². The van der Waals surface area contributed by atoms with Gasteiger partial charge < -0.3 is 4.74 Å². The molecule has 0 N–H and O–H groups in total. The first-order valence-corrected chi connectivity index (χ1v) is 5.02. The highest BCUT2D eigenvalue weighted by Crippen LogP contribution is 2.31. The third-order valence-electron chi connectivity index (χ3n) is 1.93. The van der Waals surface area contributed by atoms with Gasteiger partial charge in [-0.2, -0.15) is 0 Å². The highest BCUT2D eigenvalue weighted by atomic mass is 79.9. The normalized spacial score (nSPS) is 11.9. The van der Waals surface area contributed by atoms with Crippen LogP contribution in [0.4, 0.5) is 4.39 Å². The van der Waals surface area contributed by atoms with Gasteiger partial charge in [-0.1, -0.05) is 40.7 Å². The Kier molecular flexibility index (Phi) is 4.03. The fourth-order valence-electron chi connectivity index (χ4n) is 1.10. The number of carbonyl (C=O) groups excluding carboxylic acids is 1. The van der Waals surface area contributed by atoms with Gasteiger partial charge in [0.05, 0.1) is 12.7 Å². The summed E-state index contributed by atoms with van der Waals surface area (Å²) >= 11 is 3.20. The van der Waals surface area contributed by atoms with Gasteiger partial charge in [-0.25, -0.2) is 9.18 Å². The molecule has 0 radical (unpaired) electrons. The van der Waals surface area contributed by atoms with Crippen LogP contribution in [-0.4, -0.2) is 13.1 Å². The molecule has 0 fully saturated rings. The number of carbonyl (C=O) groups is 1. The molecule has 0 heterocycles. The van der Waals surface area contributed by atoms with Crippen LogP contribution in [0.5, 0.6) is 0 Å². The van der Waals surface area contributed by atoms with Crippen molar-refractivity contribution in [3.05, 3.63) is 46.5 Å². The molecule has 1 rings (SSSR count). The average molecular weight is 273 g/mol. The fraction of sp³-hybridized carbons (Fsp3) is 0.182. The van der Waals surface area contributed by atoms with Crippen molar-refractivity contribution in [2.24, 2.45) is 0 Å². The number of methoxy groups -OCH3 is 1. The lowest BCUT2D eigenvalue weighted by Gasteiger charge is -2.11. The second-order valence-corrected chi connectivity index (χ2v) is 3.76. The molecule has 1 atom stereocenters. The number of alkyl halides is 1. The second-order valence-electron chi connectivity index (χ2n) is 2.90. The molecule has 1 aromatic carbocycles. The Labute approximate surface area is 95.9 Å². The van der Waals surface area contributed by atoms with Gasteiger partial charge in [-0.15, -0.1) is 0 Å². The van der Waals surface area contributed by atoms with Crippen LogP contribution in [0, 0.1) is 0 Å². The molecule has 2 nitrogen and oxygen atoms in total. The van der Waals surface area contributed by atoms with E-state index in [1.807, 2.05) is 0 Å². The van der Waals surface area contributed by atoms with Crippen molar-refractivity contribution in [3.63, 3.8) is 0 Å². The summed E-state index contributed by atoms with van der Waals surface area (Å²) in [6, 6.07) is 6.74. The number of ether oxygens (including phenoxy) is 1. The molecule has 80 valence electrons. The zero-order valence-electron chi connectivity index (χ0n) is 8.17. The molecule has 4 heteroatoms. The van der Waals surface area contributed by atoms with Crippen molar-refractivity contribution < 1.29 is 13.9 Å². The summed E-state index contributed by atoms with van der Waals surface area (Å²) in [7, 11) is 1.19. The number of rotatable bonds is 3. The monoisotopic (exact) mass is 272 g/mol. The second kappa shape index (κ2) is 5.07. The maximum Gasteiger partial charge on any atom is 0.336 e. The molecule has 0 spiro atoms. The summed E-state index contributed by atoms with van der Waals surface area (Å²) in [6.07, 6.45) is -1.55. The zero-order valence-corrected chi connectivity index (χ0v) is 9.75. The molecule has 0 saturated carbocycles. The van der Waals surface area contributed by atoms with E-state index < -0.39 is 12.1 Å². The molecule has 0 aliphatic heterocycles. The Balaban J connectivity index is 2.95. The lowest BCUT2D eigenvalue weighted by Crippen LogP contribution is -2.09. The number of benzene rings is 1. The smallest absolute Gasteiger partial charge is 0.336 e. The highest BCUT2D eigenvalue weighted by molar-refractivity contribution is 9.10. The Morgan fingerprint density at radius 1 is 1.53 bits per heavy atom. The number of hydrogen-bond donors (Lipinski definition) is 0. The first-order chi connectivity index (χ1) is 7.07. The first-order valence-electron chi connectivity index (χ1n) is 4.23. The Morgan fingerprint density at radius 3 is 2.67 bits per heavy atom. The predicted molar refractivity (Wildman–Crippen MR) is 59.1 cm³/mol. The minimum atomic E-state index is -1.55. The van der Waals surface area contributed by atoms with Gasteiger partial charge in [-0.05, 0) is 6.07 Å². The molecule has 0 amide bonds. The van der Waals surface area contributed by atoms with E-state index in [0.717, 1.165) is 0 Å². The van der Waals surface area contributed by atoms with Gasteiger partial charge in [-0.3, -0.25) is 0 Å². The average Bonchev–Trinajstić information content (AvgIpc) is 2.26. The highest BCUT2D eigenvalue weighted by Gasteiger charge is 2.22. The fourth-order valence-corrected chi connectivity index (χ4v) is 1.59. The van der Waals surface area contributed by atoms with E-state index in [9.17, 15) is 9.18 Å². The van der Waals surface area contributed by atoms with Crippen molar-refractivity contribution >= 4 is 21.9 Å². The Hall–Kier alpha value is -1.16. The van der Waals surface area contributed by atoms with Crippen molar-refractivity contribution in [2.75, 3.05) is 7.11 Å².